The van der Waals surface area contributed by atoms with Crippen LogP contribution in [0.25, 0.3) is 34.0 Å². The van der Waals surface area contributed by atoms with Gasteiger partial charge in [0, 0.05) is 12.1 Å². The number of oxazole rings is 1. The minimum absolute atomic E-state index is 0.188. The highest BCUT2D eigenvalue weighted by Crippen LogP contribution is 2.39. The van der Waals surface area contributed by atoms with Crippen LogP contribution in [0.4, 0.5) is 0 Å². The van der Waals surface area contributed by atoms with Crippen LogP contribution in [-0.2, 0) is 0 Å². The summed E-state index contributed by atoms with van der Waals surface area (Å²) >= 11 is 0. The number of hydrogen-bond acceptors (Lipinski definition) is 6. The highest BCUT2D eigenvalue weighted by molar-refractivity contribution is 5.81. The van der Waals surface area contributed by atoms with Gasteiger partial charge >= 0.3 is 0 Å². The van der Waals surface area contributed by atoms with Crippen molar-refractivity contribution in [2.75, 3.05) is 0 Å². The molecule has 0 unspecified atom stereocenters. The van der Waals surface area contributed by atoms with Crippen LogP contribution in [0.1, 0.15) is 35.8 Å². The quantitative estimate of drug-likeness (QED) is 0.431. The highest BCUT2D eigenvalue weighted by Gasteiger charge is 2.26. The number of benzene rings is 1. The monoisotopic (exact) mass is 424 g/mol. The maximum Gasteiger partial charge on any atom is 0.267 e. The number of fused-ring (bicyclic) bond motifs is 1. The lowest BCUT2D eigenvalue weighted by atomic mass is 10.1. The Morgan fingerprint density at radius 3 is 2.72 bits per heavy atom. The Labute approximate surface area is 183 Å². The van der Waals surface area contributed by atoms with E-state index in [1.54, 1.807) is 18.3 Å². The van der Waals surface area contributed by atoms with Gasteiger partial charge < -0.3 is 8.98 Å². The largest absolute Gasteiger partial charge is 0.440 e. The number of rotatable bonds is 4. The zero-order valence-electron chi connectivity index (χ0n) is 17.7. The molecule has 0 radical (unpaired) electrons. The summed E-state index contributed by atoms with van der Waals surface area (Å²) in [6.45, 7) is 3.84. The van der Waals surface area contributed by atoms with Crippen molar-refractivity contribution in [1.29, 1.82) is 0 Å². The zero-order valence-corrected chi connectivity index (χ0v) is 17.7. The molecule has 0 saturated heterocycles. The molecular weight excluding hydrogens is 404 g/mol. The normalized spacial score (nSPS) is 13.7. The second-order valence-corrected chi connectivity index (χ2v) is 8.21. The van der Waals surface area contributed by atoms with Gasteiger partial charge in [-0.15, -0.1) is 0 Å². The molecule has 32 heavy (non-hydrogen) atoms. The Balaban J connectivity index is 1.47. The summed E-state index contributed by atoms with van der Waals surface area (Å²) in [4.78, 5) is 31.3. The third kappa shape index (κ3) is 3.11. The Bertz CT molecular complexity index is 1540. The SMILES string of the molecule is Cc1cnc(-c2cccc(-n3cnc4cc(C)c(-n5cnc(C6CC6)c5)cc4c3=O)n2)o1. The lowest BCUT2D eigenvalue weighted by molar-refractivity contribution is 0.540. The molecule has 1 aliphatic carbocycles. The molecule has 0 atom stereocenters. The standard InChI is InChI=1S/C24H20N6O2/c1-14-8-19-17(9-21(14)29-11-20(26-12-29)16-6-7-16)24(31)30(13-27-19)22-5-3-4-18(28-22)23-25-10-15(2)32-23/h3-5,8-13,16H,6-7H2,1-2H3. The molecular formula is C24H20N6O2. The lowest BCUT2D eigenvalue weighted by Crippen LogP contribution is -2.20. The van der Waals surface area contributed by atoms with Gasteiger partial charge in [0.1, 0.15) is 23.6 Å². The summed E-state index contributed by atoms with van der Waals surface area (Å²) in [6, 6.07) is 9.20. The minimum atomic E-state index is -0.188. The average Bonchev–Trinajstić information content (AvgIpc) is 3.36. The smallest absolute Gasteiger partial charge is 0.267 e. The summed E-state index contributed by atoms with van der Waals surface area (Å²) in [5.74, 6) is 2.14. The summed E-state index contributed by atoms with van der Waals surface area (Å²) < 4.78 is 9.01. The van der Waals surface area contributed by atoms with E-state index in [1.165, 1.54) is 23.7 Å². The molecule has 0 N–H and O–H groups in total. The molecule has 1 fully saturated rings. The van der Waals surface area contributed by atoms with Crippen LogP contribution in [0.15, 0.2) is 64.6 Å². The summed E-state index contributed by atoms with van der Waals surface area (Å²) in [6.07, 6.45) is 9.42. The number of nitrogens with zero attached hydrogens (tertiary/aromatic N) is 6. The molecule has 8 heteroatoms. The fraction of sp³-hybridized carbons (Fsp3) is 0.208. The van der Waals surface area contributed by atoms with Crippen molar-refractivity contribution in [2.24, 2.45) is 0 Å². The van der Waals surface area contributed by atoms with Gasteiger partial charge in [0.2, 0.25) is 5.89 Å². The van der Waals surface area contributed by atoms with Gasteiger partial charge in [0.15, 0.2) is 0 Å². The van der Waals surface area contributed by atoms with E-state index < -0.39 is 0 Å². The van der Waals surface area contributed by atoms with E-state index in [2.05, 4.69) is 26.1 Å². The van der Waals surface area contributed by atoms with Crippen LogP contribution < -0.4 is 5.56 Å². The van der Waals surface area contributed by atoms with Crippen LogP contribution >= 0.6 is 0 Å². The van der Waals surface area contributed by atoms with E-state index in [1.807, 2.05) is 42.9 Å². The van der Waals surface area contributed by atoms with Crippen molar-refractivity contribution < 1.29 is 4.42 Å². The van der Waals surface area contributed by atoms with Crippen molar-refractivity contribution in [3.8, 4) is 23.1 Å². The first-order chi connectivity index (χ1) is 15.6. The molecule has 0 amide bonds. The van der Waals surface area contributed by atoms with Crippen molar-refractivity contribution in [2.45, 2.75) is 32.6 Å². The molecule has 6 rings (SSSR count). The van der Waals surface area contributed by atoms with Crippen LogP contribution in [0.3, 0.4) is 0 Å². The first kappa shape index (κ1) is 18.7. The predicted molar refractivity (Wildman–Crippen MR) is 119 cm³/mol. The molecule has 1 aliphatic rings. The van der Waals surface area contributed by atoms with E-state index in [0.717, 1.165) is 16.9 Å². The molecule has 0 aliphatic heterocycles. The highest BCUT2D eigenvalue weighted by atomic mass is 16.4. The summed E-state index contributed by atoms with van der Waals surface area (Å²) in [5, 5.41) is 0.522. The average molecular weight is 424 g/mol. The molecule has 0 bridgehead atoms. The Morgan fingerprint density at radius 2 is 1.94 bits per heavy atom. The van der Waals surface area contributed by atoms with Gasteiger partial charge in [-0.1, -0.05) is 6.07 Å². The summed E-state index contributed by atoms with van der Waals surface area (Å²) in [7, 11) is 0. The molecule has 4 aromatic heterocycles. The number of aromatic nitrogens is 6. The van der Waals surface area contributed by atoms with E-state index in [0.29, 0.717) is 40.0 Å². The first-order valence-corrected chi connectivity index (χ1v) is 10.5. The van der Waals surface area contributed by atoms with E-state index in [9.17, 15) is 4.79 Å². The number of aryl methyl sites for hydroxylation is 2. The topological polar surface area (TPSA) is 91.6 Å². The second kappa shape index (κ2) is 6.98. The number of hydrogen-bond donors (Lipinski definition) is 0. The third-order valence-electron chi connectivity index (χ3n) is 5.77. The van der Waals surface area contributed by atoms with Crippen LogP contribution in [0, 0.1) is 13.8 Å². The van der Waals surface area contributed by atoms with Crippen molar-refractivity contribution in [1.82, 2.24) is 29.1 Å². The molecule has 1 saturated carbocycles. The van der Waals surface area contributed by atoms with Gasteiger partial charge in [0.05, 0.1) is 34.8 Å². The van der Waals surface area contributed by atoms with Gasteiger partial charge in [0.25, 0.3) is 5.56 Å². The molecule has 8 nitrogen and oxygen atoms in total. The van der Waals surface area contributed by atoms with Crippen LogP contribution in [0.5, 0.6) is 0 Å². The molecule has 1 aromatic carbocycles. The van der Waals surface area contributed by atoms with E-state index in [-0.39, 0.29) is 5.56 Å². The molecule has 0 spiro atoms. The second-order valence-electron chi connectivity index (χ2n) is 8.21. The van der Waals surface area contributed by atoms with Gasteiger partial charge in [-0.2, -0.15) is 0 Å². The molecule has 158 valence electrons. The van der Waals surface area contributed by atoms with Crippen LogP contribution in [-0.4, -0.2) is 29.1 Å². The maximum absolute atomic E-state index is 13.4. The Morgan fingerprint density at radius 1 is 1.06 bits per heavy atom. The van der Waals surface area contributed by atoms with Gasteiger partial charge in [-0.05, 0) is 56.5 Å². The van der Waals surface area contributed by atoms with Crippen LogP contribution in [0.2, 0.25) is 0 Å². The van der Waals surface area contributed by atoms with Gasteiger partial charge in [-0.25, -0.2) is 19.9 Å². The molecule has 5 aromatic rings. The minimum Gasteiger partial charge on any atom is -0.440 e. The van der Waals surface area contributed by atoms with Gasteiger partial charge in [-0.3, -0.25) is 9.36 Å². The Hall–Kier alpha value is -4.07. The Kier molecular flexibility index (Phi) is 4.07. The van der Waals surface area contributed by atoms with Crippen molar-refractivity contribution >= 4 is 10.9 Å². The first-order valence-electron chi connectivity index (χ1n) is 10.5. The van der Waals surface area contributed by atoms with Crippen molar-refractivity contribution in [3.05, 3.63) is 82.8 Å². The molecule has 4 heterocycles. The maximum atomic E-state index is 13.4. The number of pyridine rings is 1. The fourth-order valence-corrected chi connectivity index (χ4v) is 3.91. The van der Waals surface area contributed by atoms with E-state index in [4.69, 9.17) is 4.42 Å². The summed E-state index contributed by atoms with van der Waals surface area (Å²) in [5.41, 5.74) is 4.07. The lowest BCUT2D eigenvalue weighted by Gasteiger charge is -2.10. The van der Waals surface area contributed by atoms with E-state index >= 15 is 0 Å². The number of imidazole rings is 1. The zero-order chi connectivity index (χ0) is 21.8. The predicted octanol–water partition coefficient (Wildman–Crippen LogP) is 4.12. The third-order valence-corrected chi connectivity index (χ3v) is 5.77. The van der Waals surface area contributed by atoms with Crippen molar-refractivity contribution in [3.63, 3.8) is 0 Å². The fourth-order valence-electron chi connectivity index (χ4n) is 3.91.